The van der Waals surface area contributed by atoms with Gasteiger partial charge in [-0.2, -0.15) is 0 Å². The molecule has 1 aliphatic rings. The number of benzene rings is 3. The Morgan fingerprint density at radius 1 is 1.09 bits per heavy atom. The van der Waals surface area contributed by atoms with Crippen LogP contribution in [0.4, 0.5) is 11.5 Å². The summed E-state index contributed by atoms with van der Waals surface area (Å²) in [6, 6.07) is 14.5. The van der Waals surface area contributed by atoms with E-state index in [1.54, 1.807) is 31.4 Å². The number of hydrogen-bond donors (Lipinski definition) is 2. The summed E-state index contributed by atoms with van der Waals surface area (Å²) in [4.78, 5) is 29.4. The maximum atomic E-state index is 13.0. The molecule has 3 N–H and O–H groups in total. The fraction of sp³-hybridized carbons (Fsp3) is 0.290. The molecule has 0 bridgehead atoms. The van der Waals surface area contributed by atoms with E-state index in [2.05, 4.69) is 15.2 Å². The monoisotopic (exact) mass is 618 g/mol. The zero-order chi connectivity index (χ0) is 29.9. The summed E-state index contributed by atoms with van der Waals surface area (Å²) in [7, 11) is 1.60. The van der Waals surface area contributed by atoms with E-state index in [0.717, 1.165) is 55.0 Å². The standard InChI is InChI=1S/C31H31ClN6O4S/c1-18-5-3-6-21(32)27(18)36-30(39)19-7-8-22-26(15-19)43-31(35-22)29-34-23-17-25(24(40-2)16-20(23)28(33)37-29)42-12-4-9-38-10-13-41-14-11-38/h3,5-8,15-17H,4,9-14H2,1-2H3,(H,36,39)(H2,33,34,37). The Labute approximate surface area is 257 Å². The molecular formula is C31H31ClN6O4S. The van der Waals surface area contributed by atoms with Gasteiger partial charge in [-0.25, -0.2) is 15.0 Å². The summed E-state index contributed by atoms with van der Waals surface area (Å²) in [6.45, 7) is 6.82. The van der Waals surface area contributed by atoms with Crippen LogP contribution in [0, 0.1) is 6.92 Å². The van der Waals surface area contributed by atoms with Crippen molar-refractivity contribution in [1.82, 2.24) is 19.9 Å². The molecule has 6 rings (SSSR count). The average molecular weight is 619 g/mol. The van der Waals surface area contributed by atoms with Crippen LogP contribution in [0.5, 0.6) is 11.5 Å². The molecule has 0 unspecified atom stereocenters. The average Bonchev–Trinajstić information content (AvgIpc) is 3.45. The normalized spacial score (nSPS) is 13.8. The molecule has 0 atom stereocenters. The number of nitrogen functional groups attached to an aromatic ring is 1. The van der Waals surface area contributed by atoms with Crippen LogP contribution in [0.2, 0.25) is 5.02 Å². The molecule has 0 spiro atoms. The third-order valence-electron chi connectivity index (χ3n) is 7.29. The minimum atomic E-state index is -0.259. The number of amides is 1. The van der Waals surface area contributed by atoms with Gasteiger partial charge < -0.3 is 25.3 Å². The number of methoxy groups -OCH3 is 1. The number of thiazole rings is 1. The number of anilines is 2. The van der Waals surface area contributed by atoms with Gasteiger partial charge in [0.15, 0.2) is 22.3 Å². The molecule has 0 saturated carbocycles. The molecule has 10 nitrogen and oxygen atoms in total. The lowest BCUT2D eigenvalue weighted by molar-refractivity contribution is 0.0357. The second kappa shape index (κ2) is 12.7. The van der Waals surface area contributed by atoms with Crippen molar-refractivity contribution in [3.05, 3.63) is 64.7 Å². The number of para-hydroxylation sites is 1. The van der Waals surface area contributed by atoms with Gasteiger partial charge in [-0.3, -0.25) is 9.69 Å². The lowest BCUT2D eigenvalue weighted by atomic mass is 10.1. The third kappa shape index (κ3) is 6.35. The topological polar surface area (TPSA) is 125 Å². The van der Waals surface area contributed by atoms with Crippen molar-refractivity contribution < 1.29 is 19.0 Å². The first-order chi connectivity index (χ1) is 20.9. The molecule has 2 aromatic heterocycles. The number of ether oxygens (including phenoxy) is 3. The molecule has 5 aromatic rings. The summed E-state index contributed by atoms with van der Waals surface area (Å²) in [5.41, 5.74) is 9.70. The van der Waals surface area contributed by atoms with E-state index in [1.165, 1.54) is 11.3 Å². The van der Waals surface area contributed by atoms with Crippen molar-refractivity contribution in [2.24, 2.45) is 0 Å². The van der Waals surface area contributed by atoms with Gasteiger partial charge in [-0.1, -0.05) is 23.7 Å². The number of hydrogen-bond acceptors (Lipinski definition) is 10. The minimum absolute atomic E-state index is 0.259. The van der Waals surface area contributed by atoms with Gasteiger partial charge in [-0.15, -0.1) is 11.3 Å². The van der Waals surface area contributed by atoms with Crippen molar-refractivity contribution in [3.8, 4) is 22.3 Å². The maximum absolute atomic E-state index is 13.0. The molecule has 1 saturated heterocycles. The molecule has 1 aliphatic heterocycles. The summed E-state index contributed by atoms with van der Waals surface area (Å²) in [6.07, 6.45) is 0.877. The first-order valence-electron chi connectivity index (χ1n) is 13.9. The third-order valence-corrected chi connectivity index (χ3v) is 8.62. The molecule has 43 heavy (non-hydrogen) atoms. The number of nitrogens with zero attached hydrogens (tertiary/aromatic N) is 4. The molecule has 1 amide bonds. The van der Waals surface area contributed by atoms with Gasteiger partial charge in [0.2, 0.25) is 0 Å². The van der Waals surface area contributed by atoms with Crippen LogP contribution in [0.3, 0.4) is 0 Å². The van der Waals surface area contributed by atoms with E-state index in [4.69, 9.17) is 41.5 Å². The predicted octanol–water partition coefficient (Wildman–Crippen LogP) is 5.81. The summed E-state index contributed by atoms with van der Waals surface area (Å²) in [5.74, 6) is 1.61. The zero-order valence-electron chi connectivity index (χ0n) is 23.9. The van der Waals surface area contributed by atoms with Gasteiger partial charge in [0.05, 0.1) is 53.4 Å². The molecule has 222 valence electrons. The van der Waals surface area contributed by atoms with Crippen molar-refractivity contribution >= 4 is 61.5 Å². The number of rotatable bonds is 9. The number of morpholine rings is 1. The molecular weight excluding hydrogens is 588 g/mol. The Hall–Kier alpha value is -4.03. The van der Waals surface area contributed by atoms with Crippen LogP contribution in [0.15, 0.2) is 48.5 Å². The molecule has 3 aromatic carbocycles. The van der Waals surface area contributed by atoms with E-state index < -0.39 is 0 Å². The number of halogens is 1. The summed E-state index contributed by atoms with van der Waals surface area (Å²) in [5, 5.41) is 4.66. The minimum Gasteiger partial charge on any atom is -0.493 e. The smallest absolute Gasteiger partial charge is 0.255 e. The lowest BCUT2D eigenvalue weighted by Gasteiger charge is -2.26. The highest BCUT2D eigenvalue weighted by molar-refractivity contribution is 7.21. The lowest BCUT2D eigenvalue weighted by Crippen LogP contribution is -2.37. The van der Waals surface area contributed by atoms with E-state index in [9.17, 15) is 4.79 Å². The van der Waals surface area contributed by atoms with Gasteiger partial charge in [0.25, 0.3) is 5.91 Å². The van der Waals surface area contributed by atoms with Crippen LogP contribution < -0.4 is 20.5 Å². The Balaban J connectivity index is 1.23. The van der Waals surface area contributed by atoms with Gasteiger partial charge in [0.1, 0.15) is 5.82 Å². The first-order valence-corrected chi connectivity index (χ1v) is 15.1. The van der Waals surface area contributed by atoms with Crippen LogP contribution >= 0.6 is 22.9 Å². The van der Waals surface area contributed by atoms with Gasteiger partial charge in [-0.05, 0) is 49.2 Å². The predicted molar refractivity (Wildman–Crippen MR) is 171 cm³/mol. The van der Waals surface area contributed by atoms with Gasteiger partial charge in [0, 0.05) is 36.7 Å². The second-order valence-electron chi connectivity index (χ2n) is 10.2. The Bertz CT molecular complexity index is 1790. The number of nitrogens with one attached hydrogen (secondary N) is 1. The fourth-order valence-corrected chi connectivity index (χ4v) is 6.17. The molecule has 0 aliphatic carbocycles. The van der Waals surface area contributed by atoms with E-state index in [-0.39, 0.29) is 5.91 Å². The van der Waals surface area contributed by atoms with Crippen molar-refractivity contribution in [2.75, 3.05) is 57.6 Å². The van der Waals surface area contributed by atoms with E-state index >= 15 is 0 Å². The first kappa shape index (κ1) is 29.1. The second-order valence-corrected chi connectivity index (χ2v) is 11.6. The summed E-state index contributed by atoms with van der Waals surface area (Å²) >= 11 is 7.69. The number of aryl methyl sites for hydroxylation is 1. The quantitative estimate of drug-likeness (QED) is 0.197. The van der Waals surface area contributed by atoms with Crippen molar-refractivity contribution in [3.63, 3.8) is 0 Å². The summed E-state index contributed by atoms with van der Waals surface area (Å²) < 4.78 is 17.9. The number of carbonyl (C=O) groups excluding carboxylic acids is 1. The number of fused-ring (bicyclic) bond motifs is 2. The highest BCUT2D eigenvalue weighted by atomic mass is 35.5. The molecule has 12 heteroatoms. The van der Waals surface area contributed by atoms with Crippen molar-refractivity contribution in [1.29, 1.82) is 0 Å². The SMILES string of the molecule is COc1cc2c(N)nc(-c3nc4ccc(C(=O)Nc5c(C)cccc5Cl)cc4s3)nc2cc1OCCCN1CCOCC1. The van der Waals surface area contributed by atoms with Crippen LogP contribution in [-0.2, 0) is 4.74 Å². The highest BCUT2D eigenvalue weighted by Gasteiger charge is 2.18. The van der Waals surface area contributed by atoms with Crippen LogP contribution in [0.1, 0.15) is 22.3 Å². The maximum Gasteiger partial charge on any atom is 0.255 e. The largest absolute Gasteiger partial charge is 0.493 e. The Kier molecular flexibility index (Phi) is 8.57. The van der Waals surface area contributed by atoms with Gasteiger partial charge >= 0.3 is 0 Å². The van der Waals surface area contributed by atoms with Crippen LogP contribution in [0.25, 0.3) is 32.0 Å². The van der Waals surface area contributed by atoms with E-state index in [0.29, 0.717) is 61.9 Å². The zero-order valence-corrected chi connectivity index (χ0v) is 25.4. The molecule has 0 radical (unpaired) electrons. The highest BCUT2D eigenvalue weighted by Crippen LogP contribution is 2.36. The molecule has 1 fully saturated rings. The number of carbonyl (C=O) groups is 1. The molecule has 3 heterocycles. The van der Waals surface area contributed by atoms with Crippen LogP contribution in [-0.4, -0.2) is 72.3 Å². The Morgan fingerprint density at radius 3 is 2.72 bits per heavy atom. The number of nitrogens with two attached hydrogens (primary N) is 1. The number of aromatic nitrogens is 3. The Morgan fingerprint density at radius 2 is 1.93 bits per heavy atom. The fourth-order valence-electron chi connectivity index (χ4n) is 4.96. The van der Waals surface area contributed by atoms with E-state index in [1.807, 2.05) is 31.2 Å². The van der Waals surface area contributed by atoms with Crippen molar-refractivity contribution in [2.45, 2.75) is 13.3 Å².